The van der Waals surface area contributed by atoms with Crippen molar-refractivity contribution in [2.75, 3.05) is 5.32 Å². The molecule has 0 fully saturated rings. The van der Waals surface area contributed by atoms with Crippen LogP contribution >= 0.6 is 0 Å². The van der Waals surface area contributed by atoms with Gasteiger partial charge in [0.15, 0.2) is 0 Å². The third-order valence-corrected chi connectivity index (χ3v) is 3.31. The molecule has 0 heterocycles. The first kappa shape index (κ1) is 15.0. The van der Waals surface area contributed by atoms with E-state index in [4.69, 9.17) is 5.11 Å². The van der Waals surface area contributed by atoms with E-state index in [-0.39, 0.29) is 17.4 Å². The van der Waals surface area contributed by atoms with Crippen molar-refractivity contribution < 1.29 is 14.3 Å². The van der Waals surface area contributed by atoms with E-state index in [0.29, 0.717) is 6.42 Å². The largest absolute Gasteiger partial charge is 0.478 e. The van der Waals surface area contributed by atoms with Crippen LogP contribution in [0.25, 0.3) is 0 Å². The minimum Gasteiger partial charge on any atom is -0.478 e. The zero-order chi connectivity index (χ0) is 15.4. The molecule has 0 spiro atoms. The first-order valence-electron chi connectivity index (χ1n) is 6.80. The summed E-state index contributed by atoms with van der Waals surface area (Å²) in [6.45, 7) is 3.87. The van der Waals surface area contributed by atoms with Crippen molar-refractivity contribution in [3.05, 3.63) is 65.0 Å². The number of anilines is 1. The van der Waals surface area contributed by atoms with Gasteiger partial charge in [-0.2, -0.15) is 0 Å². The van der Waals surface area contributed by atoms with Gasteiger partial charge >= 0.3 is 5.97 Å². The minimum atomic E-state index is -0.933. The standard InChI is InChI=1S/C17H18FNO2/c1-11-8-14(17(20)21)6-7-16(11)19-12(2)9-13-4-3-5-15(18)10-13/h3-8,10,12,19H,9H2,1-2H3,(H,20,21). The van der Waals surface area contributed by atoms with Gasteiger partial charge < -0.3 is 10.4 Å². The Hall–Kier alpha value is -2.36. The van der Waals surface area contributed by atoms with Gasteiger partial charge in [-0.25, -0.2) is 9.18 Å². The number of carboxylic acid groups (broad SMARTS) is 1. The van der Waals surface area contributed by atoms with Gasteiger partial charge in [-0.1, -0.05) is 12.1 Å². The molecule has 3 nitrogen and oxygen atoms in total. The predicted molar refractivity (Wildman–Crippen MR) is 81.3 cm³/mol. The molecular formula is C17H18FNO2. The maximum absolute atomic E-state index is 13.2. The number of hydrogen-bond donors (Lipinski definition) is 2. The highest BCUT2D eigenvalue weighted by Crippen LogP contribution is 2.18. The van der Waals surface area contributed by atoms with Gasteiger partial charge in [0.05, 0.1) is 5.56 Å². The number of benzene rings is 2. The van der Waals surface area contributed by atoms with Crippen LogP contribution < -0.4 is 5.32 Å². The average molecular weight is 287 g/mol. The Labute approximate surface area is 123 Å². The van der Waals surface area contributed by atoms with Crippen LogP contribution in [0.2, 0.25) is 0 Å². The number of nitrogens with one attached hydrogen (secondary N) is 1. The second-order valence-electron chi connectivity index (χ2n) is 5.21. The zero-order valence-electron chi connectivity index (χ0n) is 12.1. The molecule has 2 aromatic rings. The number of hydrogen-bond acceptors (Lipinski definition) is 2. The molecule has 0 aliphatic carbocycles. The highest BCUT2D eigenvalue weighted by molar-refractivity contribution is 5.88. The summed E-state index contributed by atoms with van der Waals surface area (Å²) >= 11 is 0. The molecule has 4 heteroatoms. The molecule has 21 heavy (non-hydrogen) atoms. The molecule has 1 atom stereocenters. The van der Waals surface area contributed by atoms with Crippen LogP contribution in [0, 0.1) is 12.7 Å². The lowest BCUT2D eigenvalue weighted by Crippen LogP contribution is -2.19. The molecule has 1 unspecified atom stereocenters. The third-order valence-electron chi connectivity index (χ3n) is 3.31. The Kier molecular flexibility index (Phi) is 4.58. The fourth-order valence-corrected chi connectivity index (χ4v) is 2.29. The number of rotatable bonds is 5. The first-order valence-corrected chi connectivity index (χ1v) is 6.80. The molecule has 0 bridgehead atoms. The van der Waals surface area contributed by atoms with Crippen LogP contribution in [-0.2, 0) is 6.42 Å². The fourth-order valence-electron chi connectivity index (χ4n) is 2.29. The Bertz CT molecular complexity index is 655. The normalized spacial score (nSPS) is 12.0. The average Bonchev–Trinajstić information content (AvgIpc) is 2.40. The van der Waals surface area contributed by atoms with Crippen LogP contribution in [0.5, 0.6) is 0 Å². The lowest BCUT2D eigenvalue weighted by Gasteiger charge is -2.17. The van der Waals surface area contributed by atoms with E-state index < -0.39 is 5.97 Å². The van der Waals surface area contributed by atoms with E-state index in [9.17, 15) is 9.18 Å². The van der Waals surface area contributed by atoms with Gasteiger partial charge in [-0.15, -0.1) is 0 Å². The summed E-state index contributed by atoms with van der Waals surface area (Å²) in [6, 6.07) is 11.6. The number of aromatic carboxylic acids is 1. The molecule has 0 aliphatic rings. The van der Waals surface area contributed by atoms with Gasteiger partial charge in [-0.05, 0) is 61.7 Å². The second-order valence-corrected chi connectivity index (χ2v) is 5.21. The monoisotopic (exact) mass is 287 g/mol. The summed E-state index contributed by atoms with van der Waals surface area (Å²) < 4.78 is 13.2. The molecule has 2 N–H and O–H groups in total. The lowest BCUT2D eigenvalue weighted by molar-refractivity contribution is 0.0697. The molecule has 2 rings (SSSR count). The second kappa shape index (κ2) is 6.39. The number of carbonyl (C=O) groups is 1. The van der Waals surface area contributed by atoms with Crippen molar-refractivity contribution in [2.45, 2.75) is 26.3 Å². The number of halogens is 1. The highest BCUT2D eigenvalue weighted by Gasteiger charge is 2.09. The molecule has 110 valence electrons. The highest BCUT2D eigenvalue weighted by atomic mass is 19.1. The van der Waals surface area contributed by atoms with Crippen LogP contribution in [0.1, 0.15) is 28.4 Å². The topological polar surface area (TPSA) is 49.3 Å². The van der Waals surface area contributed by atoms with E-state index in [1.54, 1.807) is 24.3 Å². The molecule has 0 saturated heterocycles. The molecule has 0 aromatic heterocycles. The molecule has 0 aliphatic heterocycles. The minimum absolute atomic E-state index is 0.112. The summed E-state index contributed by atoms with van der Waals surface area (Å²) in [4.78, 5) is 10.9. The van der Waals surface area contributed by atoms with Crippen molar-refractivity contribution >= 4 is 11.7 Å². The molecule has 0 saturated carbocycles. The summed E-state index contributed by atoms with van der Waals surface area (Å²) in [5, 5.41) is 12.3. The Morgan fingerprint density at radius 3 is 2.67 bits per heavy atom. The van der Waals surface area contributed by atoms with E-state index >= 15 is 0 Å². The number of carboxylic acids is 1. The van der Waals surface area contributed by atoms with Crippen LogP contribution in [0.15, 0.2) is 42.5 Å². The lowest BCUT2D eigenvalue weighted by atomic mass is 10.1. The maximum Gasteiger partial charge on any atom is 0.335 e. The van der Waals surface area contributed by atoms with E-state index in [2.05, 4.69) is 5.32 Å². The smallest absolute Gasteiger partial charge is 0.335 e. The van der Waals surface area contributed by atoms with Crippen LogP contribution in [0.3, 0.4) is 0 Å². The van der Waals surface area contributed by atoms with Crippen molar-refractivity contribution in [2.24, 2.45) is 0 Å². The number of aryl methyl sites for hydroxylation is 1. The zero-order valence-corrected chi connectivity index (χ0v) is 12.1. The van der Waals surface area contributed by atoms with Crippen LogP contribution in [-0.4, -0.2) is 17.1 Å². The summed E-state index contributed by atoms with van der Waals surface area (Å²) in [6.07, 6.45) is 0.692. The Morgan fingerprint density at radius 2 is 2.05 bits per heavy atom. The third kappa shape index (κ3) is 4.05. The van der Waals surface area contributed by atoms with Crippen molar-refractivity contribution in [1.29, 1.82) is 0 Å². The van der Waals surface area contributed by atoms with Crippen molar-refractivity contribution in [3.8, 4) is 0 Å². The summed E-state index contributed by atoms with van der Waals surface area (Å²) in [5.41, 5.74) is 2.97. The molecule has 0 amide bonds. The van der Waals surface area contributed by atoms with Gasteiger partial charge in [0.1, 0.15) is 5.82 Å². The predicted octanol–water partition coefficient (Wildman–Crippen LogP) is 3.88. The van der Waals surface area contributed by atoms with Gasteiger partial charge in [-0.3, -0.25) is 0 Å². The first-order chi connectivity index (χ1) is 9.95. The van der Waals surface area contributed by atoms with Crippen molar-refractivity contribution in [3.63, 3.8) is 0 Å². The van der Waals surface area contributed by atoms with Gasteiger partial charge in [0, 0.05) is 11.7 Å². The maximum atomic E-state index is 13.2. The van der Waals surface area contributed by atoms with E-state index in [1.807, 2.05) is 19.9 Å². The fraction of sp³-hybridized carbons (Fsp3) is 0.235. The quantitative estimate of drug-likeness (QED) is 0.877. The molecule has 2 aromatic carbocycles. The van der Waals surface area contributed by atoms with Crippen molar-refractivity contribution in [1.82, 2.24) is 0 Å². The van der Waals surface area contributed by atoms with E-state index in [1.165, 1.54) is 12.1 Å². The Balaban J connectivity index is 2.06. The SMILES string of the molecule is Cc1cc(C(=O)O)ccc1NC(C)Cc1cccc(F)c1. The Morgan fingerprint density at radius 1 is 1.29 bits per heavy atom. The van der Waals surface area contributed by atoms with E-state index in [0.717, 1.165) is 16.8 Å². The molecular weight excluding hydrogens is 269 g/mol. The van der Waals surface area contributed by atoms with Gasteiger partial charge in [0.25, 0.3) is 0 Å². The summed E-state index contributed by atoms with van der Waals surface area (Å²) in [5.74, 6) is -1.17. The molecule has 0 radical (unpaired) electrons. The van der Waals surface area contributed by atoms with Gasteiger partial charge in [0.2, 0.25) is 0 Å². The summed E-state index contributed by atoms with van der Waals surface area (Å²) in [7, 11) is 0. The van der Waals surface area contributed by atoms with Crippen LogP contribution in [0.4, 0.5) is 10.1 Å².